The van der Waals surface area contributed by atoms with Crippen molar-refractivity contribution in [2.24, 2.45) is 0 Å². The summed E-state index contributed by atoms with van der Waals surface area (Å²) in [5.41, 5.74) is 2.75. The molecule has 2 rings (SSSR count). The first kappa shape index (κ1) is 19.7. The van der Waals surface area contributed by atoms with Crippen LogP contribution < -0.4 is 0 Å². The molecule has 7 nitrogen and oxygen atoms in total. The molecule has 0 aliphatic carbocycles. The lowest BCUT2D eigenvalue weighted by Crippen LogP contribution is -2.29. The molecule has 26 heavy (non-hydrogen) atoms. The van der Waals surface area contributed by atoms with Crippen molar-refractivity contribution in [1.82, 2.24) is 9.47 Å². The second-order valence-corrected chi connectivity index (χ2v) is 6.26. The molecule has 0 spiro atoms. The molecule has 0 atom stereocenters. The summed E-state index contributed by atoms with van der Waals surface area (Å²) < 4.78 is 12.4. The maximum Gasteiger partial charge on any atom is 0.348 e. The van der Waals surface area contributed by atoms with E-state index in [-0.39, 0.29) is 18.1 Å². The van der Waals surface area contributed by atoms with Gasteiger partial charge in [-0.1, -0.05) is 0 Å². The number of esters is 1. The number of carbonyl (C=O) groups is 2. The number of methoxy groups -OCH3 is 1. The lowest BCUT2D eigenvalue weighted by Gasteiger charge is -2.14. The van der Waals surface area contributed by atoms with Crippen molar-refractivity contribution in [3.05, 3.63) is 28.6 Å². The Hall–Kier alpha value is -2.59. The fraction of sp³-hybridized carbons (Fsp3) is 0.526. The molecule has 0 aromatic carbocycles. The third-order valence-corrected chi connectivity index (χ3v) is 4.54. The van der Waals surface area contributed by atoms with E-state index in [9.17, 15) is 14.9 Å². The fourth-order valence-electron chi connectivity index (χ4n) is 3.06. The molecule has 7 heteroatoms. The highest BCUT2D eigenvalue weighted by molar-refractivity contribution is 5.98. The zero-order valence-electron chi connectivity index (χ0n) is 15.6. The van der Waals surface area contributed by atoms with Gasteiger partial charge in [0.25, 0.3) is 0 Å². The van der Waals surface area contributed by atoms with Crippen LogP contribution in [0.4, 0.5) is 0 Å². The van der Waals surface area contributed by atoms with E-state index in [0.29, 0.717) is 32.7 Å². The summed E-state index contributed by atoms with van der Waals surface area (Å²) in [6.45, 7) is 6.36. The average Bonchev–Trinajstić information content (AvgIpc) is 3.14. The molecular weight excluding hydrogens is 334 g/mol. The highest BCUT2D eigenvalue weighted by Crippen LogP contribution is 2.19. The van der Waals surface area contributed by atoms with Crippen LogP contribution in [-0.4, -0.2) is 54.8 Å². The zero-order chi connectivity index (χ0) is 19.1. The number of ether oxygens (including phenoxy) is 2. The second kappa shape index (κ2) is 9.20. The van der Waals surface area contributed by atoms with Crippen LogP contribution in [0.1, 0.15) is 29.8 Å². The maximum absolute atomic E-state index is 12.2. The van der Waals surface area contributed by atoms with Gasteiger partial charge in [-0.3, -0.25) is 4.79 Å². The summed E-state index contributed by atoms with van der Waals surface area (Å²) in [6.07, 6.45) is 2.94. The van der Waals surface area contributed by atoms with E-state index in [0.717, 1.165) is 23.4 Å². The number of rotatable bonds is 8. The van der Waals surface area contributed by atoms with Crippen molar-refractivity contribution < 1.29 is 19.1 Å². The zero-order valence-corrected chi connectivity index (χ0v) is 15.6. The largest absolute Gasteiger partial charge is 0.460 e. The summed E-state index contributed by atoms with van der Waals surface area (Å²) in [5, 5.41) is 9.31. The molecule has 1 saturated heterocycles. The molecule has 1 aromatic heterocycles. The van der Waals surface area contributed by atoms with Crippen molar-refractivity contribution in [2.75, 3.05) is 33.4 Å². The topological polar surface area (TPSA) is 84.6 Å². The molecule has 1 aliphatic rings. The Balaban J connectivity index is 2.01. The van der Waals surface area contributed by atoms with Crippen LogP contribution in [-0.2, 0) is 25.6 Å². The number of aryl methyl sites for hydroxylation is 1. The van der Waals surface area contributed by atoms with E-state index in [1.807, 2.05) is 26.0 Å². The highest BCUT2D eigenvalue weighted by Gasteiger charge is 2.20. The van der Waals surface area contributed by atoms with Crippen molar-refractivity contribution in [3.63, 3.8) is 0 Å². The summed E-state index contributed by atoms with van der Waals surface area (Å²) in [6, 6.07) is 3.84. The number of aromatic nitrogens is 1. The van der Waals surface area contributed by atoms with Gasteiger partial charge in [0, 0.05) is 38.0 Å². The Morgan fingerprint density at radius 2 is 2.12 bits per heavy atom. The summed E-state index contributed by atoms with van der Waals surface area (Å²) >= 11 is 0. The molecule has 1 aromatic rings. The SMILES string of the molecule is COCCn1c(C)cc(C=C(C#N)C(=O)OCCN2CCCC2=O)c1C. The molecule has 0 radical (unpaired) electrons. The number of likely N-dealkylation sites (tertiary alicyclic amines) is 1. The Bertz CT molecular complexity index is 743. The van der Waals surface area contributed by atoms with E-state index >= 15 is 0 Å². The number of nitrogens with zero attached hydrogens (tertiary/aromatic N) is 3. The molecule has 1 aliphatic heterocycles. The van der Waals surface area contributed by atoms with Gasteiger partial charge in [-0.05, 0) is 38.0 Å². The van der Waals surface area contributed by atoms with Gasteiger partial charge < -0.3 is 18.9 Å². The summed E-state index contributed by atoms with van der Waals surface area (Å²) in [7, 11) is 1.65. The van der Waals surface area contributed by atoms with Crippen LogP contribution >= 0.6 is 0 Å². The monoisotopic (exact) mass is 359 g/mol. The van der Waals surface area contributed by atoms with Crippen LogP contribution in [0, 0.1) is 25.2 Å². The van der Waals surface area contributed by atoms with Crippen molar-refractivity contribution in [2.45, 2.75) is 33.2 Å². The highest BCUT2D eigenvalue weighted by atomic mass is 16.5. The Labute approximate surface area is 153 Å². The normalized spacial score (nSPS) is 14.6. The average molecular weight is 359 g/mol. The standard InChI is InChI=1S/C19H25N3O4/c1-14-11-16(15(2)22(14)8-9-25-3)12-17(13-20)19(24)26-10-7-21-6-4-5-18(21)23/h11-12H,4-10H2,1-3H3. The van der Waals surface area contributed by atoms with Gasteiger partial charge in [-0.15, -0.1) is 0 Å². The van der Waals surface area contributed by atoms with E-state index in [1.54, 1.807) is 18.1 Å². The van der Waals surface area contributed by atoms with Gasteiger partial charge in [0.15, 0.2) is 0 Å². The summed E-state index contributed by atoms with van der Waals surface area (Å²) in [5.74, 6) is -0.582. The molecule has 0 unspecified atom stereocenters. The quantitative estimate of drug-likeness (QED) is 0.402. The van der Waals surface area contributed by atoms with Crippen molar-refractivity contribution >= 4 is 18.0 Å². The van der Waals surface area contributed by atoms with Gasteiger partial charge >= 0.3 is 5.97 Å². The van der Waals surface area contributed by atoms with Crippen molar-refractivity contribution in [3.8, 4) is 6.07 Å². The Kier molecular flexibility index (Phi) is 6.98. The lowest BCUT2D eigenvalue weighted by atomic mass is 10.1. The minimum Gasteiger partial charge on any atom is -0.460 e. The van der Waals surface area contributed by atoms with Gasteiger partial charge in [0.05, 0.1) is 13.2 Å². The molecule has 2 heterocycles. The number of carbonyl (C=O) groups excluding carboxylic acids is 2. The van der Waals surface area contributed by atoms with Gasteiger partial charge in [-0.2, -0.15) is 5.26 Å². The van der Waals surface area contributed by atoms with E-state index in [4.69, 9.17) is 9.47 Å². The van der Waals surface area contributed by atoms with E-state index in [2.05, 4.69) is 4.57 Å². The van der Waals surface area contributed by atoms with Gasteiger partial charge in [-0.25, -0.2) is 4.79 Å². The third kappa shape index (κ3) is 4.73. The second-order valence-electron chi connectivity index (χ2n) is 6.26. The fourth-order valence-corrected chi connectivity index (χ4v) is 3.06. The van der Waals surface area contributed by atoms with Crippen molar-refractivity contribution in [1.29, 1.82) is 5.26 Å². The van der Waals surface area contributed by atoms with E-state index < -0.39 is 5.97 Å². The predicted octanol–water partition coefficient (Wildman–Crippen LogP) is 1.82. The van der Waals surface area contributed by atoms with Crippen LogP contribution in [0.2, 0.25) is 0 Å². The molecular formula is C19H25N3O4. The predicted molar refractivity (Wildman–Crippen MR) is 96.1 cm³/mol. The van der Waals surface area contributed by atoms with E-state index in [1.165, 1.54) is 0 Å². The Morgan fingerprint density at radius 1 is 1.35 bits per heavy atom. The number of nitriles is 1. The lowest BCUT2D eigenvalue weighted by molar-refractivity contribution is -0.140. The molecule has 0 N–H and O–H groups in total. The van der Waals surface area contributed by atoms with Crippen LogP contribution in [0.5, 0.6) is 0 Å². The maximum atomic E-state index is 12.2. The Morgan fingerprint density at radius 3 is 2.73 bits per heavy atom. The molecule has 1 fully saturated rings. The van der Waals surface area contributed by atoms with Crippen LogP contribution in [0.15, 0.2) is 11.6 Å². The molecule has 0 saturated carbocycles. The molecule has 1 amide bonds. The van der Waals surface area contributed by atoms with Crippen LogP contribution in [0.3, 0.4) is 0 Å². The molecule has 140 valence electrons. The van der Waals surface area contributed by atoms with Gasteiger partial charge in [0.2, 0.25) is 5.91 Å². The number of hydrogen-bond donors (Lipinski definition) is 0. The first-order valence-corrected chi connectivity index (χ1v) is 8.70. The van der Waals surface area contributed by atoms with Gasteiger partial charge in [0.1, 0.15) is 18.2 Å². The first-order valence-electron chi connectivity index (χ1n) is 8.70. The smallest absolute Gasteiger partial charge is 0.348 e. The number of amides is 1. The first-order chi connectivity index (χ1) is 12.5. The minimum absolute atomic E-state index is 0.0512. The minimum atomic E-state index is -0.666. The third-order valence-electron chi connectivity index (χ3n) is 4.54. The van der Waals surface area contributed by atoms with Crippen LogP contribution in [0.25, 0.3) is 6.08 Å². The number of hydrogen-bond acceptors (Lipinski definition) is 5. The molecule has 0 bridgehead atoms. The summed E-state index contributed by atoms with van der Waals surface area (Å²) in [4.78, 5) is 25.4.